The molecule has 0 heterocycles. The summed E-state index contributed by atoms with van der Waals surface area (Å²) < 4.78 is 0. The van der Waals surface area contributed by atoms with Crippen molar-refractivity contribution in [2.75, 3.05) is 18.6 Å². The molecule has 0 aliphatic rings. The number of aliphatic carboxylic acids is 1. The van der Waals surface area contributed by atoms with Crippen LogP contribution in [0.4, 0.5) is 0 Å². The van der Waals surface area contributed by atoms with Crippen LogP contribution in [0.2, 0.25) is 0 Å². The quantitative estimate of drug-likeness (QED) is 0.0777. The number of aliphatic imine (C=N–C) groups is 1. The van der Waals surface area contributed by atoms with Crippen LogP contribution >= 0.6 is 11.8 Å². The van der Waals surface area contributed by atoms with Crippen molar-refractivity contribution in [2.24, 2.45) is 34.0 Å². The number of nitrogens with one attached hydrogen (secondary N) is 3. The van der Waals surface area contributed by atoms with E-state index >= 15 is 0 Å². The summed E-state index contributed by atoms with van der Waals surface area (Å²) in [5, 5.41) is 17.2. The number of rotatable bonds is 16. The molecular formula is C21H41N7O5S. The molecule has 3 amide bonds. The van der Waals surface area contributed by atoms with Gasteiger partial charge in [-0.1, -0.05) is 27.7 Å². The van der Waals surface area contributed by atoms with E-state index in [1.807, 2.05) is 6.26 Å². The summed E-state index contributed by atoms with van der Waals surface area (Å²) in [6, 6.07) is -3.86. The topological polar surface area (TPSA) is 215 Å². The van der Waals surface area contributed by atoms with E-state index in [2.05, 4.69) is 20.9 Å². The summed E-state index contributed by atoms with van der Waals surface area (Å²) >= 11 is 1.48. The predicted molar refractivity (Wildman–Crippen MR) is 134 cm³/mol. The van der Waals surface area contributed by atoms with E-state index in [0.717, 1.165) is 0 Å². The fourth-order valence-corrected chi connectivity index (χ4v) is 3.36. The van der Waals surface area contributed by atoms with Gasteiger partial charge in [0.2, 0.25) is 17.7 Å². The molecule has 0 radical (unpaired) electrons. The first-order valence-corrected chi connectivity index (χ1v) is 12.6. The van der Waals surface area contributed by atoms with Gasteiger partial charge in [-0.05, 0) is 43.1 Å². The molecule has 0 aliphatic heterocycles. The maximum atomic E-state index is 13.1. The second-order valence-electron chi connectivity index (χ2n) is 8.69. The molecule has 0 saturated heterocycles. The van der Waals surface area contributed by atoms with Crippen LogP contribution < -0.4 is 33.2 Å². The van der Waals surface area contributed by atoms with Crippen molar-refractivity contribution in [3.63, 3.8) is 0 Å². The van der Waals surface area contributed by atoms with Gasteiger partial charge in [0.1, 0.15) is 18.1 Å². The van der Waals surface area contributed by atoms with Crippen LogP contribution in [0, 0.1) is 11.8 Å². The van der Waals surface area contributed by atoms with Crippen molar-refractivity contribution in [3.8, 4) is 0 Å². The molecule has 13 heteroatoms. The lowest BCUT2D eigenvalue weighted by Crippen LogP contribution is -2.58. The lowest BCUT2D eigenvalue weighted by molar-refractivity contribution is -0.143. The van der Waals surface area contributed by atoms with E-state index in [-0.39, 0.29) is 37.2 Å². The zero-order valence-corrected chi connectivity index (χ0v) is 21.5. The second-order valence-corrected chi connectivity index (χ2v) is 9.68. The van der Waals surface area contributed by atoms with Crippen LogP contribution in [0.15, 0.2) is 4.99 Å². The Morgan fingerprint density at radius 2 is 1.41 bits per heavy atom. The van der Waals surface area contributed by atoms with E-state index in [1.165, 1.54) is 11.8 Å². The number of carbonyl (C=O) groups is 4. The molecule has 0 aromatic heterocycles. The van der Waals surface area contributed by atoms with Gasteiger partial charge in [0.25, 0.3) is 0 Å². The number of hydrogen-bond acceptors (Lipinski definition) is 7. The highest BCUT2D eigenvalue weighted by Crippen LogP contribution is 2.08. The van der Waals surface area contributed by atoms with Gasteiger partial charge in [-0.25, -0.2) is 4.79 Å². The van der Waals surface area contributed by atoms with E-state index < -0.39 is 47.9 Å². The fraction of sp³-hybridized carbons (Fsp3) is 0.762. The van der Waals surface area contributed by atoms with Crippen LogP contribution in [0.5, 0.6) is 0 Å². The minimum Gasteiger partial charge on any atom is -0.480 e. The third-order valence-corrected chi connectivity index (χ3v) is 5.72. The van der Waals surface area contributed by atoms with Crippen LogP contribution in [-0.2, 0) is 19.2 Å². The molecule has 12 nitrogen and oxygen atoms in total. The van der Waals surface area contributed by atoms with Crippen molar-refractivity contribution in [3.05, 3.63) is 0 Å². The molecule has 0 aromatic rings. The predicted octanol–water partition coefficient (Wildman–Crippen LogP) is -1.03. The molecule has 4 atom stereocenters. The van der Waals surface area contributed by atoms with Gasteiger partial charge in [-0.15, -0.1) is 0 Å². The van der Waals surface area contributed by atoms with Gasteiger partial charge in [0.15, 0.2) is 5.96 Å². The number of hydrogen-bond donors (Lipinski definition) is 7. The smallest absolute Gasteiger partial charge is 0.326 e. The first kappa shape index (κ1) is 31.5. The average Bonchev–Trinajstić information content (AvgIpc) is 2.74. The molecule has 4 unspecified atom stereocenters. The number of nitrogens with zero attached hydrogens (tertiary/aromatic N) is 1. The van der Waals surface area contributed by atoms with Crippen LogP contribution in [0.3, 0.4) is 0 Å². The highest BCUT2D eigenvalue weighted by molar-refractivity contribution is 7.98. The van der Waals surface area contributed by atoms with Crippen LogP contribution in [-0.4, -0.2) is 77.5 Å². The monoisotopic (exact) mass is 503 g/mol. The summed E-state index contributed by atoms with van der Waals surface area (Å²) in [4.78, 5) is 53.8. The Kier molecular flexibility index (Phi) is 14.9. The molecule has 0 fully saturated rings. The first-order valence-electron chi connectivity index (χ1n) is 11.3. The SMILES string of the molecule is CSCCC(NC(=O)C(CCCN=C(N)N)NC(=O)C(N)C(C)C)C(=O)NC(C(=O)O)C(C)C. The molecule has 0 bridgehead atoms. The molecule has 196 valence electrons. The Morgan fingerprint density at radius 1 is 0.882 bits per heavy atom. The number of nitrogens with two attached hydrogens (primary N) is 3. The van der Waals surface area contributed by atoms with Crippen molar-refractivity contribution >= 4 is 41.4 Å². The van der Waals surface area contributed by atoms with Gasteiger partial charge >= 0.3 is 5.97 Å². The molecule has 0 saturated carbocycles. The Hall–Kier alpha value is -2.54. The number of thioether (sulfide) groups is 1. The van der Waals surface area contributed by atoms with Crippen molar-refractivity contribution < 1.29 is 24.3 Å². The van der Waals surface area contributed by atoms with Gasteiger partial charge in [0, 0.05) is 6.54 Å². The third kappa shape index (κ3) is 12.1. The molecule has 0 rings (SSSR count). The van der Waals surface area contributed by atoms with Crippen molar-refractivity contribution in [1.29, 1.82) is 0 Å². The van der Waals surface area contributed by atoms with Gasteiger partial charge in [-0.3, -0.25) is 19.4 Å². The van der Waals surface area contributed by atoms with Gasteiger partial charge in [-0.2, -0.15) is 11.8 Å². The average molecular weight is 504 g/mol. The molecule has 10 N–H and O–H groups in total. The minimum atomic E-state index is -1.16. The zero-order chi connectivity index (χ0) is 26.4. The number of carboxylic acids is 1. The molecule has 34 heavy (non-hydrogen) atoms. The number of guanidine groups is 1. The van der Waals surface area contributed by atoms with E-state index in [4.69, 9.17) is 17.2 Å². The van der Waals surface area contributed by atoms with Crippen LogP contribution in [0.1, 0.15) is 47.0 Å². The number of carboxylic acid groups (broad SMARTS) is 1. The van der Waals surface area contributed by atoms with Crippen molar-refractivity contribution in [2.45, 2.75) is 71.1 Å². The summed E-state index contributed by atoms with van der Waals surface area (Å²) in [5.41, 5.74) is 16.6. The highest BCUT2D eigenvalue weighted by atomic mass is 32.2. The Balaban J connectivity index is 5.55. The largest absolute Gasteiger partial charge is 0.480 e. The van der Waals surface area contributed by atoms with Crippen LogP contribution in [0.25, 0.3) is 0 Å². The highest BCUT2D eigenvalue weighted by Gasteiger charge is 2.31. The van der Waals surface area contributed by atoms with Gasteiger partial charge < -0.3 is 38.3 Å². The molecule has 0 aliphatic carbocycles. The van der Waals surface area contributed by atoms with E-state index in [1.54, 1.807) is 27.7 Å². The van der Waals surface area contributed by atoms with Crippen molar-refractivity contribution in [1.82, 2.24) is 16.0 Å². The first-order chi connectivity index (χ1) is 15.8. The third-order valence-electron chi connectivity index (χ3n) is 5.07. The summed E-state index contributed by atoms with van der Waals surface area (Å²) in [6.07, 6.45) is 2.73. The lowest BCUT2D eigenvalue weighted by Gasteiger charge is -2.26. The maximum absolute atomic E-state index is 13.1. The Bertz CT molecular complexity index is 714. The number of carbonyl (C=O) groups excluding carboxylic acids is 3. The summed E-state index contributed by atoms with van der Waals surface area (Å²) in [6.45, 7) is 7.18. The molecular weight excluding hydrogens is 462 g/mol. The zero-order valence-electron chi connectivity index (χ0n) is 20.7. The molecule has 0 aromatic carbocycles. The normalized spacial score (nSPS) is 14.6. The summed E-state index contributed by atoms with van der Waals surface area (Å²) in [5.74, 6) is -2.86. The fourth-order valence-electron chi connectivity index (χ4n) is 2.89. The minimum absolute atomic E-state index is 0.0844. The standard InChI is InChI=1S/C21H41N7O5S/c1-11(2)15(22)19(31)27-13(7-6-9-25-21(23)24)17(29)26-14(8-10-34-5)18(30)28-16(12(3)4)20(32)33/h11-16H,6-10,22H2,1-5H3,(H,26,29)(H,27,31)(H,28,30)(H,32,33)(H4,23,24,25). The second kappa shape index (κ2) is 16.1. The van der Waals surface area contributed by atoms with E-state index in [9.17, 15) is 24.3 Å². The van der Waals surface area contributed by atoms with E-state index in [0.29, 0.717) is 12.2 Å². The maximum Gasteiger partial charge on any atom is 0.326 e. The Morgan fingerprint density at radius 3 is 1.88 bits per heavy atom. The Labute approximate surface area is 205 Å². The number of amides is 3. The van der Waals surface area contributed by atoms with Gasteiger partial charge in [0.05, 0.1) is 6.04 Å². The summed E-state index contributed by atoms with van der Waals surface area (Å²) in [7, 11) is 0. The molecule has 0 spiro atoms. The lowest BCUT2D eigenvalue weighted by atomic mass is 10.0.